The number of aromatic amines is 1. The minimum atomic E-state index is -4.98. The van der Waals surface area contributed by atoms with Gasteiger partial charge in [-0.25, -0.2) is 0 Å². The summed E-state index contributed by atoms with van der Waals surface area (Å²) in [5, 5.41) is 8.03. The van der Waals surface area contributed by atoms with E-state index in [1.807, 2.05) is 5.32 Å². The third kappa shape index (κ3) is 3.41. The van der Waals surface area contributed by atoms with E-state index in [0.717, 1.165) is 0 Å². The molecule has 0 aliphatic carbocycles. The first kappa shape index (κ1) is 13.4. The van der Waals surface area contributed by atoms with Crippen molar-refractivity contribution in [2.45, 2.75) is 12.4 Å². The molecule has 0 unspecified atom stereocenters. The third-order valence-corrected chi connectivity index (χ3v) is 4.96. The Morgan fingerprint density at radius 1 is 1.31 bits per heavy atom. The smallest absolute Gasteiger partial charge is 0.345 e. The fourth-order valence-electron chi connectivity index (χ4n) is 0.988. The van der Waals surface area contributed by atoms with Crippen LogP contribution < -0.4 is 5.32 Å². The molecule has 1 heterocycles. The zero-order chi connectivity index (χ0) is 12.6. The minimum absolute atomic E-state index is 0.0471. The van der Waals surface area contributed by atoms with Gasteiger partial charge in [-0.15, -0.1) is 0 Å². The normalized spacial score (nSPS) is 13.1. The Morgan fingerprint density at radius 2 is 1.81 bits per heavy atom. The molecule has 0 atom stereocenters. The van der Waals surface area contributed by atoms with Crippen molar-refractivity contribution in [1.82, 2.24) is 10.2 Å². The van der Waals surface area contributed by atoms with Crippen LogP contribution in [0.2, 0.25) is 0 Å². The highest BCUT2D eigenvalue weighted by Crippen LogP contribution is 2.59. The van der Waals surface area contributed by atoms with Crippen LogP contribution in [0.4, 0.5) is 5.82 Å². The maximum atomic E-state index is 10.9. The van der Waals surface area contributed by atoms with Gasteiger partial charge in [-0.1, -0.05) is 0 Å². The summed E-state index contributed by atoms with van der Waals surface area (Å²) in [5.41, 5.74) is -1.71. The Labute approximate surface area is 90.2 Å². The highest BCUT2D eigenvalue weighted by molar-refractivity contribution is 7.71. The number of anilines is 1. The molecule has 0 amide bonds. The van der Waals surface area contributed by atoms with Crippen molar-refractivity contribution in [3.63, 3.8) is 0 Å². The van der Waals surface area contributed by atoms with Gasteiger partial charge < -0.3 is 24.9 Å². The van der Waals surface area contributed by atoms with Crippen LogP contribution in [0.25, 0.3) is 0 Å². The molecule has 9 nitrogen and oxygen atoms in total. The summed E-state index contributed by atoms with van der Waals surface area (Å²) in [6.07, 6.45) is 0. The van der Waals surface area contributed by atoms with Crippen molar-refractivity contribution in [3.05, 3.63) is 11.8 Å². The van der Waals surface area contributed by atoms with Crippen LogP contribution in [-0.2, 0) is 9.13 Å². The van der Waals surface area contributed by atoms with E-state index in [9.17, 15) is 9.13 Å². The molecule has 1 aromatic heterocycles. The standard InChI is InChI=1S/C5H11N3O6P2/c1-3-2-4(8-7-3)6-5(15(9,10)11)16(12,13)14/h2,5H,1H3,(H2,6,7,8)(H2,9,10,11)(H2,12,13,14). The number of hydrogen-bond acceptors (Lipinski definition) is 4. The van der Waals surface area contributed by atoms with E-state index in [1.54, 1.807) is 6.92 Å². The Kier molecular flexibility index (Phi) is 3.59. The monoisotopic (exact) mass is 271 g/mol. The van der Waals surface area contributed by atoms with Crippen LogP contribution >= 0.6 is 15.2 Å². The molecule has 0 fully saturated rings. The van der Waals surface area contributed by atoms with E-state index in [1.165, 1.54) is 6.07 Å². The molecule has 0 radical (unpaired) electrons. The lowest BCUT2D eigenvalue weighted by Crippen LogP contribution is -2.20. The lowest BCUT2D eigenvalue weighted by atomic mass is 10.5. The highest BCUT2D eigenvalue weighted by atomic mass is 31.2. The summed E-state index contributed by atoms with van der Waals surface area (Å²) in [6, 6.07) is 1.36. The molecule has 16 heavy (non-hydrogen) atoms. The maximum Gasteiger partial charge on any atom is 0.360 e. The first-order valence-electron chi connectivity index (χ1n) is 3.99. The van der Waals surface area contributed by atoms with Gasteiger partial charge in [-0.3, -0.25) is 14.2 Å². The van der Waals surface area contributed by atoms with Crippen molar-refractivity contribution in [2.24, 2.45) is 0 Å². The lowest BCUT2D eigenvalue weighted by molar-refractivity contribution is 0.343. The second-order valence-corrected chi connectivity index (χ2v) is 6.93. The summed E-state index contributed by atoms with van der Waals surface area (Å²) >= 11 is 0. The zero-order valence-corrected chi connectivity index (χ0v) is 9.89. The SMILES string of the molecule is Cc1cc(NC(P(=O)(O)O)P(=O)(O)O)n[nH]1. The van der Waals surface area contributed by atoms with Crippen LogP contribution in [0.3, 0.4) is 0 Å². The molecule has 0 aromatic carbocycles. The van der Waals surface area contributed by atoms with Crippen molar-refractivity contribution < 1.29 is 28.7 Å². The summed E-state index contributed by atoms with van der Waals surface area (Å²) in [5.74, 6) is -0.0471. The van der Waals surface area contributed by atoms with Gasteiger partial charge in [-0.05, 0) is 6.92 Å². The van der Waals surface area contributed by atoms with Crippen molar-refractivity contribution in [2.75, 3.05) is 5.32 Å². The molecular formula is C5H11N3O6P2. The van der Waals surface area contributed by atoms with Gasteiger partial charge in [-0.2, -0.15) is 5.10 Å². The second-order valence-electron chi connectivity index (χ2n) is 3.13. The Bertz CT molecular complexity index is 438. The molecule has 0 spiro atoms. The van der Waals surface area contributed by atoms with Crippen LogP contribution in [0.5, 0.6) is 0 Å². The van der Waals surface area contributed by atoms with E-state index in [0.29, 0.717) is 5.69 Å². The van der Waals surface area contributed by atoms with E-state index < -0.39 is 20.7 Å². The number of nitrogens with one attached hydrogen (secondary N) is 2. The molecule has 1 aromatic rings. The van der Waals surface area contributed by atoms with E-state index in [-0.39, 0.29) is 5.82 Å². The van der Waals surface area contributed by atoms with Gasteiger partial charge in [0.1, 0.15) is 5.82 Å². The topological polar surface area (TPSA) is 156 Å². The Morgan fingerprint density at radius 3 is 2.12 bits per heavy atom. The summed E-state index contributed by atoms with van der Waals surface area (Å²) in [7, 11) is -9.96. The molecule has 11 heteroatoms. The average Bonchev–Trinajstić information content (AvgIpc) is 2.43. The first-order chi connectivity index (χ1) is 7.10. The molecule has 0 aliphatic rings. The number of nitrogens with zero attached hydrogens (tertiary/aromatic N) is 1. The number of aryl methyl sites for hydroxylation is 1. The van der Waals surface area contributed by atoms with Crippen molar-refractivity contribution >= 4 is 21.0 Å². The fraction of sp³-hybridized carbons (Fsp3) is 0.400. The van der Waals surface area contributed by atoms with Crippen LogP contribution in [-0.4, -0.2) is 35.3 Å². The number of aromatic nitrogens is 2. The van der Waals surface area contributed by atoms with Crippen LogP contribution in [0, 0.1) is 6.92 Å². The average molecular weight is 271 g/mol. The predicted octanol–water partition coefficient (Wildman–Crippen LogP) is -0.231. The van der Waals surface area contributed by atoms with Gasteiger partial charge in [0.2, 0.25) is 5.52 Å². The summed E-state index contributed by atoms with van der Waals surface area (Å²) in [4.78, 5) is 35.2. The third-order valence-electron chi connectivity index (χ3n) is 1.62. The van der Waals surface area contributed by atoms with Crippen molar-refractivity contribution in [3.8, 4) is 0 Å². The maximum absolute atomic E-state index is 10.9. The van der Waals surface area contributed by atoms with Gasteiger partial charge in [0, 0.05) is 11.8 Å². The Hall–Kier alpha value is -0.690. The first-order valence-corrected chi connectivity index (χ1v) is 7.36. The van der Waals surface area contributed by atoms with E-state index >= 15 is 0 Å². The molecule has 6 N–H and O–H groups in total. The number of hydrogen-bond donors (Lipinski definition) is 6. The largest absolute Gasteiger partial charge is 0.360 e. The molecular weight excluding hydrogens is 260 g/mol. The van der Waals surface area contributed by atoms with E-state index in [2.05, 4.69) is 10.2 Å². The quantitative estimate of drug-likeness (QED) is 0.410. The van der Waals surface area contributed by atoms with E-state index in [4.69, 9.17) is 19.6 Å². The van der Waals surface area contributed by atoms with Gasteiger partial charge in [0.05, 0.1) is 0 Å². The molecule has 0 saturated carbocycles. The Balaban J connectivity index is 2.97. The summed E-state index contributed by atoms with van der Waals surface area (Å²) in [6.45, 7) is 1.63. The highest BCUT2D eigenvalue weighted by Gasteiger charge is 2.43. The zero-order valence-electron chi connectivity index (χ0n) is 8.10. The lowest BCUT2D eigenvalue weighted by Gasteiger charge is -2.20. The van der Waals surface area contributed by atoms with Gasteiger partial charge >= 0.3 is 15.2 Å². The number of rotatable bonds is 4. The van der Waals surface area contributed by atoms with Gasteiger partial charge in [0.15, 0.2) is 0 Å². The predicted molar refractivity (Wildman–Crippen MR) is 54.8 cm³/mol. The van der Waals surface area contributed by atoms with Crippen molar-refractivity contribution in [1.29, 1.82) is 0 Å². The van der Waals surface area contributed by atoms with Gasteiger partial charge in [0.25, 0.3) is 0 Å². The summed E-state index contributed by atoms with van der Waals surface area (Å²) < 4.78 is 21.8. The minimum Gasteiger partial charge on any atom is -0.345 e. The molecule has 92 valence electrons. The van der Waals surface area contributed by atoms with Crippen LogP contribution in [0.15, 0.2) is 6.07 Å². The molecule has 0 saturated heterocycles. The second kappa shape index (κ2) is 4.29. The van der Waals surface area contributed by atoms with Crippen LogP contribution in [0.1, 0.15) is 5.69 Å². The molecule has 0 aliphatic heterocycles. The fourth-order valence-corrected chi connectivity index (χ4v) is 3.16. The molecule has 1 rings (SSSR count). The molecule has 0 bridgehead atoms. The number of H-pyrrole nitrogens is 1.